The van der Waals surface area contributed by atoms with Crippen molar-refractivity contribution in [1.82, 2.24) is 14.7 Å². The van der Waals surface area contributed by atoms with Crippen LogP contribution in [0, 0.1) is 0 Å². The molecule has 3 rings (SSSR count). The van der Waals surface area contributed by atoms with E-state index in [0.29, 0.717) is 11.6 Å². The second kappa shape index (κ2) is 7.20. The average Bonchev–Trinajstić information content (AvgIpc) is 2.59. The first-order valence-electron chi connectivity index (χ1n) is 8.01. The highest BCUT2D eigenvalue weighted by Crippen LogP contribution is 2.32. The summed E-state index contributed by atoms with van der Waals surface area (Å²) in [5.74, 6) is 0. The van der Waals surface area contributed by atoms with Gasteiger partial charge < -0.3 is 0 Å². The number of para-hydroxylation sites is 1. The molecule has 0 aliphatic carbocycles. The fraction of sp³-hybridized carbons (Fsp3) is 0.263. The number of aromatic nitrogens is 2. The summed E-state index contributed by atoms with van der Waals surface area (Å²) in [6.45, 7) is 6.25. The third-order valence-corrected chi connectivity index (χ3v) is 5.62. The van der Waals surface area contributed by atoms with E-state index in [4.69, 9.17) is 11.6 Å². The number of rotatable bonds is 4. The first kappa shape index (κ1) is 18.0. The quantitative estimate of drug-likeness (QED) is 0.732. The molecular formula is C19H20ClN3OS. The summed E-state index contributed by atoms with van der Waals surface area (Å²) in [5.41, 5.74) is 3.48. The standard InChI is InChI=1S/C19H20ClN3OS/c1-19(2,3)25(24)23-12-13-11-22-18-14(7-6-8-15(18)20)17(13)16-9-4-5-10-21-16/h4-11,23H,12H2,1-3H3. The first-order chi connectivity index (χ1) is 11.9. The molecule has 2 aromatic heterocycles. The zero-order valence-electron chi connectivity index (χ0n) is 14.4. The minimum absolute atomic E-state index is 0.335. The molecular weight excluding hydrogens is 354 g/mol. The van der Waals surface area contributed by atoms with Crippen LogP contribution in [-0.2, 0) is 17.5 Å². The Kier molecular flexibility index (Phi) is 5.18. The van der Waals surface area contributed by atoms with Gasteiger partial charge in [0.2, 0.25) is 0 Å². The van der Waals surface area contributed by atoms with Crippen LogP contribution >= 0.6 is 11.6 Å². The highest BCUT2D eigenvalue weighted by atomic mass is 35.5. The summed E-state index contributed by atoms with van der Waals surface area (Å²) >= 11 is 6.31. The maximum Gasteiger partial charge on any atom is 0.0973 e. The van der Waals surface area contributed by atoms with E-state index in [1.54, 1.807) is 12.4 Å². The number of halogens is 1. The van der Waals surface area contributed by atoms with Gasteiger partial charge in [0.15, 0.2) is 0 Å². The number of nitrogens with zero attached hydrogens (tertiary/aromatic N) is 2. The van der Waals surface area contributed by atoms with E-state index in [2.05, 4.69) is 14.7 Å². The van der Waals surface area contributed by atoms with Crippen molar-refractivity contribution in [1.29, 1.82) is 0 Å². The molecule has 1 N–H and O–H groups in total. The van der Waals surface area contributed by atoms with Gasteiger partial charge in [-0.1, -0.05) is 29.8 Å². The molecule has 0 amide bonds. The van der Waals surface area contributed by atoms with Crippen molar-refractivity contribution < 1.29 is 4.21 Å². The van der Waals surface area contributed by atoms with Crippen molar-refractivity contribution in [3.63, 3.8) is 0 Å². The number of hydrogen-bond donors (Lipinski definition) is 1. The lowest BCUT2D eigenvalue weighted by Gasteiger charge is -2.19. The third kappa shape index (κ3) is 3.89. The lowest BCUT2D eigenvalue weighted by atomic mass is 10.00. The molecule has 130 valence electrons. The molecule has 0 spiro atoms. The zero-order valence-corrected chi connectivity index (χ0v) is 16.0. The molecule has 3 aromatic rings. The summed E-state index contributed by atoms with van der Waals surface area (Å²) in [6, 6.07) is 11.5. The van der Waals surface area contributed by atoms with Gasteiger partial charge in [-0.2, -0.15) is 0 Å². The number of nitrogens with one attached hydrogen (secondary N) is 1. The van der Waals surface area contributed by atoms with E-state index in [9.17, 15) is 4.21 Å². The van der Waals surface area contributed by atoms with E-state index in [1.807, 2.05) is 57.2 Å². The summed E-state index contributed by atoms with van der Waals surface area (Å²) in [4.78, 5) is 9.00. The van der Waals surface area contributed by atoms with E-state index in [-0.39, 0.29) is 4.75 Å². The smallest absolute Gasteiger partial charge is 0.0973 e. The summed E-state index contributed by atoms with van der Waals surface area (Å²) in [5, 5.41) is 1.54. The fourth-order valence-corrected chi connectivity index (χ4v) is 3.48. The van der Waals surface area contributed by atoms with Gasteiger partial charge in [-0.3, -0.25) is 9.97 Å². The minimum atomic E-state index is -1.16. The molecule has 0 aliphatic rings. The molecule has 6 heteroatoms. The Morgan fingerprint density at radius 1 is 1.12 bits per heavy atom. The predicted molar refractivity (Wildman–Crippen MR) is 105 cm³/mol. The molecule has 1 aromatic carbocycles. The van der Waals surface area contributed by atoms with E-state index < -0.39 is 11.0 Å². The molecule has 4 nitrogen and oxygen atoms in total. The van der Waals surface area contributed by atoms with Crippen LogP contribution in [0.15, 0.2) is 48.8 Å². The summed E-state index contributed by atoms with van der Waals surface area (Å²) < 4.78 is 15.1. The second-order valence-corrected chi connectivity index (χ2v) is 9.17. The highest BCUT2D eigenvalue weighted by molar-refractivity contribution is 7.84. The molecule has 1 atom stereocenters. The van der Waals surface area contributed by atoms with Gasteiger partial charge in [-0.05, 0) is 44.5 Å². The summed E-state index contributed by atoms with van der Waals surface area (Å²) in [6.07, 6.45) is 3.54. The third-order valence-electron chi connectivity index (χ3n) is 3.80. The van der Waals surface area contributed by atoms with Crippen molar-refractivity contribution in [3.05, 3.63) is 59.4 Å². The van der Waals surface area contributed by atoms with Crippen LogP contribution in [0.25, 0.3) is 22.2 Å². The molecule has 2 heterocycles. The molecule has 0 aliphatic heterocycles. The SMILES string of the molecule is CC(C)(C)S(=O)NCc1cnc2c(Cl)cccc2c1-c1ccccn1. The number of hydrogen-bond acceptors (Lipinski definition) is 3. The van der Waals surface area contributed by atoms with Crippen LogP contribution in [0.1, 0.15) is 26.3 Å². The van der Waals surface area contributed by atoms with Gasteiger partial charge in [0.1, 0.15) is 0 Å². The van der Waals surface area contributed by atoms with Gasteiger partial charge >= 0.3 is 0 Å². The Bertz CT molecular complexity index is 923. The monoisotopic (exact) mass is 373 g/mol. The van der Waals surface area contributed by atoms with Crippen molar-refractivity contribution >= 4 is 33.5 Å². The van der Waals surface area contributed by atoms with Gasteiger partial charge in [0, 0.05) is 29.9 Å². The van der Waals surface area contributed by atoms with Crippen LogP contribution < -0.4 is 4.72 Å². The topological polar surface area (TPSA) is 54.9 Å². The molecule has 25 heavy (non-hydrogen) atoms. The van der Waals surface area contributed by atoms with E-state index >= 15 is 0 Å². The van der Waals surface area contributed by atoms with E-state index in [1.165, 1.54) is 0 Å². The number of pyridine rings is 2. The van der Waals surface area contributed by atoms with Crippen molar-refractivity contribution in [2.24, 2.45) is 0 Å². The lowest BCUT2D eigenvalue weighted by molar-refractivity contribution is 0.635. The molecule has 0 bridgehead atoms. The molecule has 0 radical (unpaired) electrons. The largest absolute Gasteiger partial charge is 0.256 e. The van der Waals surface area contributed by atoms with Crippen molar-refractivity contribution in [2.75, 3.05) is 0 Å². The fourth-order valence-electron chi connectivity index (χ4n) is 2.54. The maximum absolute atomic E-state index is 12.3. The lowest BCUT2D eigenvalue weighted by Crippen LogP contribution is -2.33. The van der Waals surface area contributed by atoms with Gasteiger partial charge in [0.25, 0.3) is 0 Å². The van der Waals surface area contributed by atoms with E-state index in [0.717, 1.165) is 27.7 Å². The van der Waals surface area contributed by atoms with Crippen molar-refractivity contribution in [2.45, 2.75) is 32.1 Å². The van der Waals surface area contributed by atoms with Crippen molar-refractivity contribution in [3.8, 4) is 11.3 Å². The Balaban J connectivity index is 2.11. The first-order valence-corrected chi connectivity index (χ1v) is 9.53. The average molecular weight is 374 g/mol. The Morgan fingerprint density at radius 2 is 1.92 bits per heavy atom. The predicted octanol–water partition coefficient (Wildman–Crippen LogP) is 4.50. The van der Waals surface area contributed by atoms with Crippen LogP contribution in [0.4, 0.5) is 0 Å². The molecule has 0 saturated heterocycles. The van der Waals surface area contributed by atoms with Gasteiger partial charge in [-0.25, -0.2) is 8.93 Å². The Labute approximate surface area is 155 Å². The van der Waals surface area contributed by atoms with Crippen LogP contribution in [-0.4, -0.2) is 18.9 Å². The zero-order chi connectivity index (χ0) is 18.0. The Hall–Kier alpha value is -1.82. The van der Waals surface area contributed by atoms with Gasteiger partial charge in [0.05, 0.1) is 32.0 Å². The maximum atomic E-state index is 12.3. The minimum Gasteiger partial charge on any atom is -0.256 e. The second-order valence-electron chi connectivity index (χ2n) is 6.71. The normalized spacial score (nSPS) is 13.1. The van der Waals surface area contributed by atoms with Gasteiger partial charge in [-0.15, -0.1) is 0 Å². The van der Waals surface area contributed by atoms with Crippen LogP contribution in [0.5, 0.6) is 0 Å². The highest BCUT2D eigenvalue weighted by Gasteiger charge is 2.20. The summed E-state index contributed by atoms with van der Waals surface area (Å²) in [7, 11) is -1.16. The molecule has 0 fully saturated rings. The Morgan fingerprint density at radius 3 is 2.60 bits per heavy atom. The number of fused-ring (bicyclic) bond motifs is 1. The molecule has 1 unspecified atom stereocenters. The van der Waals surface area contributed by atoms with Crippen LogP contribution in [0.2, 0.25) is 5.02 Å². The van der Waals surface area contributed by atoms with Crippen LogP contribution in [0.3, 0.4) is 0 Å². The number of benzene rings is 1. The molecule has 0 saturated carbocycles.